The lowest BCUT2D eigenvalue weighted by atomic mass is 9.96. The lowest BCUT2D eigenvalue weighted by molar-refractivity contribution is 0.565. The van der Waals surface area contributed by atoms with Gasteiger partial charge in [-0.05, 0) is 98.7 Å². The summed E-state index contributed by atoms with van der Waals surface area (Å²) in [5.74, 6) is 0. The fourth-order valence-corrected chi connectivity index (χ4v) is 5.46. The predicted molar refractivity (Wildman–Crippen MR) is 149 cm³/mol. The first-order chi connectivity index (χ1) is 16.8. The maximum Gasteiger partial charge on any atom is 0.174 e. The highest BCUT2D eigenvalue weighted by molar-refractivity contribution is 7.80. The van der Waals surface area contributed by atoms with Crippen molar-refractivity contribution in [1.29, 1.82) is 0 Å². The monoisotopic (exact) mass is 481 g/mol. The normalized spacial score (nSPS) is 17.5. The van der Waals surface area contributed by atoms with Crippen molar-refractivity contribution in [3.8, 4) is 5.69 Å². The van der Waals surface area contributed by atoms with E-state index in [1.54, 1.807) is 0 Å². The molecule has 0 radical (unpaired) electrons. The van der Waals surface area contributed by atoms with Gasteiger partial charge >= 0.3 is 0 Å². The maximum absolute atomic E-state index is 5.92. The van der Waals surface area contributed by atoms with Crippen LogP contribution in [0.25, 0.3) is 5.69 Å². The number of nitrogens with zero attached hydrogens (tertiary/aromatic N) is 4. The molecule has 1 N–H and O–H groups in total. The van der Waals surface area contributed by atoms with E-state index in [1.807, 2.05) is 18.3 Å². The number of pyridine rings is 1. The molecule has 4 aromatic rings. The molecule has 2 aromatic carbocycles. The molecule has 0 amide bonds. The van der Waals surface area contributed by atoms with Gasteiger partial charge in [-0.3, -0.25) is 4.98 Å². The quantitative estimate of drug-likeness (QED) is 0.352. The van der Waals surface area contributed by atoms with Crippen molar-refractivity contribution in [1.82, 2.24) is 14.9 Å². The second-order valence-electron chi connectivity index (χ2n) is 9.41. The Labute approximate surface area is 213 Å². The molecule has 5 rings (SSSR count). The van der Waals surface area contributed by atoms with Gasteiger partial charge in [-0.1, -0.05) is 18.2 Å². The first kappa shape index (κ1) is 23.1. The second-order valence-corrected chi connectivity index (χ2v) is 9.80. The summed E-state index contributed by atoms with van der Waals surface area (Å²) in [7, 11) is 4.11. The SMILES string of the molecule is Cc1cccc(-n2c(C)cc([C@@H]3[C@@H](c4ccccn4)NC(=S)N3c3ccc(N(C)C)cc3)c2C)c1. The van der Waals surface area contributed by atoms with Crippen molar-refractivity contribution < 1.29 is 0 Å². The molecule has 0 unspecified atom stereocenters. The molecule has 0 bridgehead atoms. The van der Waals surface area contributed by atoms with Crippen molar-refractivity contribution in [3.63, 3.8) is 0 Å². The van der Waals surface area contributed by atoms with E-state index in [2.05, 4.69) is 115 Å². The molecule has 1 aliphatic rings. The standard InChI is InChI=1S/C29H31N5S/c1-19-9-8-10-24(17-19)33-20(2)18-25(21(33)3)28-27(26-11-6-7-16-30-26)31-29(35)34(28)23-14-12-22(13-15-23)32(4)5/h6-18,27-28H,1-5H3,(H,31,35)/t27-,28-/m1/s1. The van der Waals surface area contributed by atoms with Crippen molar-refractivity contribution in [3.05, 3.63) is 107 Å². The molecule has 0 aliphatic carbocycles. The Balaban J connectivity index is 1.66. The topological polar surface area (TPSA) is 36.3 Å². The summed E-state index contributed by atoms with van der Waals surface area (Å²) in [6.07, 6.45) is 1.85. The van der Waals surface area contributed by atoms with E-state index in [0.29, 0.717) is 5.11 Å². The predicted octanol–water partition coefficient (Wildman–Crippen LogP) is 6.04. The Kier molecular flexibility index (Phi) is 6.07. The fourth-order valence-electron chi connectivity index (χ4n) is 5.11. The van der Waals surface area contributed by atoms with Crippen molar-refractivity contribution in [2.75, 3.05) is 23.9 Å². The summed E-state index contributed by atoms with van der Waals surface area (Å²) < 4.78 is 2.34. The molecule has 178 valence electrons. The molecule has 5 nitrogen and oxygen atoms in total. The Hall–Kier alpha value is -3.64. The highest BCUT2D eigenvalue weighted by atomic mass is 32.1. The van der Waals surface area contributed by atoms with Crippen molar-refractivity contribution >= 4 is 28.7 Å². The average molecular weight is 482 g/mol. The number of thiocarbonyl (C=S) groups is 1. The molecule has 6 heteroatoms. The Bertz CT molecular complexity index is 1360. The Morgan fingerprint density at radius 3 is 2.31 bits per heavy atom. The number of nitrogens with one attached hydrogen (secondary N) is 1. The van der Waals surface area contributed by atoms with Gasteiger partial charge in [0.15, 0.2) is 5.11 Å². The summed E-state index contributed by atoms with van der Waals surface area (Å²) in [6.45, 7) is 6.51. The van der Waals surface area contributed by atoms with E-state index in [9.17, 15) is 0 Å². The average Bonchev–Trinajstić information content (AvgIpc) is 3.34. The Morgan fingerprint density at radius 2 is 1.66 bits per heavy atom. The van der Waals surface area contributed by atoms with Crippen LogP contribution in [0.2, 0.25) is 0 Å². The molecular weight excluding hydrogens is 450 g/mol. The number of hydrogen-bond acceptors (Lipinski definition) is 3. The number of benzene rings is 2. The van der Waals surface area contributed by atoms with E-state index < -0.39 is 0 Å². The number of aromatic nitrogens is 2. The van der Waals surface area contributed by atoms with Gasteiger partial charge in [0.05, 0.1) is 17.8 Å². The lowest BCUT2D eigenvalue weighted by Gasteiger charge is -2.28. The minimum Gasteiger partial charge on any atom is -0.378 e. The molecule has 2 aromatic heterocycles. The van der Waals surface area contributed by atoms with Crippen LogP contribution >= 0.6 is 12.2 Å². The largest absolute Gasteiger partial charge is 0.378 e. The molecule has 0 spiro atoms. The van der Waals surface area contributed by atoms with Gasteiger partial charge < -0.3 is 19.7 Å². The highest BCUT2D eigenvalue weighted by Gasteiger charge is 2.42. The molecule has 0 saturated carbocycles. The third kappa shape index (κ3) is 4.19. The third-order valence-electron chi connectivity index (χ3n) is 6.79. The third-order valence-corrected chi connectivity index (χ3v) is 7.11. The van der Waals surface area contributed by atoms with Crippen LogP contribution in [0.3, 0.4) is 0 Å². The van der Waals surface area contributed by atoms with Crippen LogP contribution in [0.15, 0.2) is 79.0 Å². The van der Waals surface area contributed by atoms with Crippen molar-refractivity contribution in [2.45, 2.75) is 32.9 Å². The van der Waals surface area contributed by atoms with Crippen LogP contribution in [-0.2, 0) is 0 Å². The van der Waals surface area contributed by atoms with Gasteiger partial charge in [0, 0.05) is 48.7 Å². The molecule has 2 atom stereocenters. The van der Waals surface area contributed by atoms with Gasteiger partial charge in [-0.2, -0.15) is 0 Å². The maximum atomic E-state index is 5.92. The number of rotatable bonds is 5. The van der Waals surface area contributed by atoms with Gasteiger partial charge in [0.25, 0.3) is 0 Å². The van der Waals surface area contributed by atoms with Gasteiger partial charge in [-0.25, -0.2) is 0 Å². The number of hydrogen-bond donors (Lipinski definition) is 1. The summed E-state index contributed by atoms with van der Waals surface area (Å²) in [5, 5.41) is 4.30. The van der Waals surface area contributed by atoms with E-state index in [-0.39, 0.29) is 12.1 Å². The second kappa shape index (κ2) is 9.19. The molecule has 35 heavy (non-hydrogen) atoms. The van der Waals surface area contributed by atoms with Crippen LogP contribution in [0.5, 0.6) is 0 Å². The van der Waals surface area contributed by atoms with Gasteiger partial charge in [0.2, 0.25) is 0 Å². The number of aryl methyl sites for hydroxylation is 2. The zero-order valence-corrected chi connectivity index (χ0v) is 21.7. The van der Waals surface area contributed by atoms with E-state index in [0.717, 1.165) is 17.1 Å². The smallest absolute Gasteiger partial charge is 0.174 e. The molecule has 1 aliphatic heterocycles. The van der Waals surface area contributed by atoms with Gasteiger partial charge in [0.1, 0.15) is 0 Å². The first-order valence-corrected chi connectivity index (χ1v) is 12.3. The lowest BCUT2D eigenvalue weighted by Crippen LogP contribution is -2.29. The van der Waals surface area contributed by atoms with Crippen molar-refractivity contribution in [2.24, 2.45) is 0 Å². The van der Waals surface area contributed by atoms with Crippen LogP contribution < -0.4 is 15.1 Å². The highest BCUT2D eigenvalue weighted by Crippen LogP contribution is 2.44. The summed E-state index contributed by atoms with van der Waals surface area (Å²) in [6, 6.07) is 25.5. The van der Waals surface area contributed by atoms with Crippen LogP contribution in [0.1, 0.15) is 40.3 Å². The summed E-state index contributed by atoms with van der Waals surface area (Å²) >= 11 is 5.92. The molecular formula is C29H31N5S. The molecule has 1 saturated heterocycles. The fraction of sp³-hybridized carbons (Fsp3) is 0.241. The zero-order chi connectivity index (χ0) is 24.7. The van der Waals surface area contributed by atoms with E-state index in [4.69, 9.17) is 17.2 Å². The van der Waals surface area contributed by atoms with E-state index in [1.165, 1.54) is 28.2 Å². The summed E-state index contributed by atoms with van der Waals surface area (Å²) in [4.78, 5) is 9.05. The minimum absolute atomic E-state index is 0.0348. The van der Waals surface area contributed by atoms with Crippen LogP contribution in [0.4, 0.5) is 11.4 Å². The minimum atomic E-state index is -0.0660. The van der Waals surface area contributed by atoms with Crippen LogP contribution in [-0.4, -0.2) is 28.8 Å². The summed E-state index contributed by atoms with van der Waals surface area (Å²) in [5.41, 5.74) is 9.27. The van der Waals surface area contributed by atoms with Crippen LogP contribution in [0, 0.1) is 20.8 Å². The first-order valence-electron chi connectivity index (χ1n) is 11.9. The molecule has 3 heterocycles. The zero-order valence-electron chi connectivity index (χ0n) is 20.9. The van der Waals surface area contributed by atoms with E-state index >= 15 is 0 Å². The number of anilines is 2. The van der Waals surface area contributed by atoms with Gasteiger partial charge in [-0.15, -0.1) is 0 Å². The Morgan fingerprint density at radius 1 is 0.886 bits per heavy atom. The molecule has 1 fully saturated rings.